The van der Waals surface area contributed by atoms with Gasteiger partial charge in [0.25, 0.3) is 0 Å². The Morgan fingerprint density at radius 2 is 2.06 bits per heavy atom. The SMILES string of the molecule is COc1ccc(COCCN)cc1C(C)C. The van der Waals surface area contributed by atoms with Crippen LogP contribution in [0, 0.1) is 0 Å². The van der Waals surface area contributed by atoms with Gasteiger partial charge >= 0.3 is 0 Å². The second-order valence-corrected chi connectivity index (χ2v) is 4.07. The summed E-state index contributed by atoms with van der Waals surface area (Å²) in [5.74, 6) is 1.39. The molecule has 1 aromatic carbocycles. The first-order valence-electron chi connectivity index (χ1n) is 5.63. The Labute approximate surface area is 97.6 Å². The Kier molecular flexibility index (Phi) is 5.29. The first-order valence-corrected chi connectivity index (χ1v) is 5.63. The van der Waals surface area contributed by atoms with Crippen LogP contribution in [0.3, 0.4) is 0 Å². The van der Waals surface area contributed by atoms with Crippen molar-refractivity contribution in [3.63, 3.8) is 0 Å². The summed E-state index contributed by atoms with van der Waals surface area (Å²) in [6.45, 7) is 6.09. The van der Waals surface area contributed by atoms with Crippen LogP contribution in [0.2, 0.25) is 0 Å². The molecule has 0 unspecified atom stereocenters. The van der Waals surface area contributed by atoms with Gasteiger partial charge in [-0.3, -0.25) is 0 Å². The molecule has 1 aromatic rings. The molecule has 0 saturated heterocycles. The Hall–Kier alpha value is -1.06. The number of hydrogen-bond acceptors (Lipinski definition) is 3. The molecule has 0 aliphatic rings. The number of methoxy groups -OCH3 is 1. The monoisotopic (exact) mass is 223 g/mol. The third kappa shape index (κ3) is 3.51. The lowest BCUT2D eigenvalue weighted by Crippen LogP contribution is -2.08. The zero-order valence-corrected chi connectivity index (χ0v) is 10.3. The molecule has 0 amide bonds. The van der Waals surface area contributed by atoms with Crippen molar-refractivity contribution in [3.8, 4) is 5.75 Å². The van der Waals surface area contributed by atoms with E-state index in [0.717, 1.165) is 11.3 Å². The van der Waals surface area contributed by atoms with E-state index >= 15 is 0 Å². The number of benzene rings is 1. The Bertz CT molecular complexity index is 324. The van der Waals surface area contributed by atoms with Crippen molar-refractivity contribution >= 4 is 0 Å². The molecule has 90 valence electrons. The molecule has 2 N–H and O–H groups in total. The average molecular weight is 223 g/mol. The van der Waals surface area contributed by atoms with Crippen LogP contribution in [0.5, 0.6) is 5.75 Å². The maximum absolute atomic E-state index is 5.41. The first kappa shape index (κ1) is 13.0. The molecule has 1 rings (SSSR count). The fraction of sp³-hybridized carbons (Fsp3) is 0.538. The van der Waals surface area contributed by atoms with Gasteiger partial charge in [-0.2, -0.15) is 0 Å². The highest BCUT2D eigenvalue weighted by Crippen LogP contribution is 2.27. The molecule has 3 nitrogen and oxygen atoms in total. The van der Waals surface area contributed by atoms with Crippen molar-refractivity contribution in [1.29, 1.82) is 0 Å². The maximum atomic E-state index is 5.41. The van der Waals surface area contributed by atoms with E-state index in [9.17, 15) is 0 Å². The van der Waals surface area contributed by atoms with Gasteiger partial charge in [-0.1, -0.05) is 19.9 Å². The van der Waals surface area contributed by atoms with Crippen LogP contribution in [0.15, 0.2) is 18.2 Å². The minimum absolute atomic E-state index is 0.449. The zero-order valence-electron chi connectivity index (χ0n) is 10.3. The van der Waals surface area contributed by atoms with Crippen LogP contribution in [-0.2, 0) is 11.3 Å². The molecule has 16 heavy (non-hydrogen) atoms. The third-order valence-electron chi connectivity index (χ3n) is 2.45. The van der Waals surface area contributed by atoms with Gasteiger partial charge in [-0.25, -0.2) is 0 Å². The topological polar surface area (TPSA) is 44.5 Å². The lowest BCUT2D eigenvalue weighted by Gasteiger charge is -2.13. The molecule has 0 aliphatic heterocycles. The maximum Gasteiger partial charge on any atom is 0.122 e. The van der Waals surface area contributed by atoms with E-state index in [1.165, 1.54) is 5.56 Å². The molecule has 3 heteroatoms. The quantitative estimate of drug-likeness (QED) is 0.753. The van der Waals surface area contributed by atoms with Crippen molar-refractivity contribution in [3.05, 3.63) is 29.3 Å². The molecular formula is C13H21NO2. The summed E-state index contributed by atoms with van der Waals surface area (Å²) < 4.78 is 10.7. The standard InChI is InChI=1S/C13H21NO2/c1-10(2)12-8-11(9-16-7-6-14)4-5-13(12)15-3/h4-5,8,10H,6-7,9,14H2,1-3H3. The van der Waals surface area contributed by atoms with Gasteiger partial charge in [0.1, 0.15) is 5.75 Å². The van der Waals surface area contributed by atoms with E-state index in [4.69, 9.17) is 15.2 Å². The predicted octanol–water partition coefficient (Wildman–Crippen LogP) is 2.29. The number of ether oxygens (including phenoxy) is 2. The molecule has 0 saturated carbocycles. The largest absolute Gasteiger partial charge is 0.496 e. The average Bonchev–Trinajstić information content (AvgIpc) is 2.29. The Balaban J connectivity index is 2.77. The van der Waals surface area contributed by atoms with Crippen LogP contribution in [0.25, 0.3) is 0 Å². The Morgan fingerprint density at radius 1 is 1.31 bits per heavy atom. The van der Waals surface area contributed by atoms with Crippen LogP contribution < -0.4 is 10.5 Å². The highest BCUT2D eigenvalue weighted by molar-refractivity contribution is 5.39. The van der Waals surface area contributed by atoms with E-state index in [1.807, 2.05) is 12.1 Å². The van der Waals surface area contributed by atoms with Gasteiger partial charge in [-0.05, 0) is 29.2 Å². The minimum atomic E-state index is 0.449. The smallest absolute Gasteiger partial charge is 0.122 e. The number of rotatable bonds is 6. The van der Waals surface area contributed by atoms with Crippen molar-refractivity contribution in [1.82, 2.24) is 0 Å². The molecule has 0 atom stereocenters. The molecule has 0 fully saturated rings. The lowest BCUT2D eigenvalue weighted by atomic mass is 10.00. The van der Waals surface area contributed by atoms with Gasteiger partial charge in [0, 0.05) is 6.54 Å². The third-order valence-corrected chi connectivity index (χ3v) is 2.45. The van der Waals surface area contributed by atoms with Crippen LogP contribution in [0.1, 0.15) is 30.9 Å². The molecule has 0 spiro atoms. The normalized spacial score (nSPS) is 10.8. The number of hydrogen-bond donors (Lipinski definition) is 1. The zero-order chi connectivity index (χ0) is 12.0. The van der Waals surface area contributed by atoms with Crippen molar-refractivity contribution in [2.75, 3.05) is 20.3 Å². The second-order valence-electron chi connectivity index (χ2n) is 4.07. The molecule has 0 radical (unpaired) electrons. The fourth-order valence-corrected chi connectivity index (χ4v) is 1.60. The fourth-order valence-electron chi connectivity index (χ4n) is 1.60. The van der Waals surface area contributed by atoms with Gasteiger partial charge in [-0.15, -0.1) is 0 Å². The highest BCUT2D eigenvalue weighted by Gasteiger charge is 2.08. The molecule has 0 heterocycles. The van der Waals surface area contributed by atoms with Gasteiger partial charge in [0.15, 0.2) is 0 Å². The van der Waals surface area contributed by atoms with Crippen molar-refractivity contribution < 1.29 is 9.47 Å². The molecule has 0 aliphatic carbocycles. The predicted molar refractivity (Wildman–Crippen MR) is 65.8 cm³/mol. The summed E-state index contributed by atoms with van der Waals surface area (Å²) in [4.78, 5) is 0. The van der Waals surface area contributed by atoms with E-state index in [1.54, 1.807) is 7.11 Å². The summed E-state index contributed by atoms with van der Waals surface area (Å²) in [7, 11) is 1.70. The van der Waals surface area contributed by atoms with Gasteiger partial charge in [0.05, 0.1) is 20.3 Å². The van der Waals surface area contributed by atoms with Crippen LogP contribution in [0.4, 0.5) is 0 Å². The summed E-state index contributed by atoms with van der Waals surface area (Å²) in [5.41, 5.74) is 7.76. The van der Waals surface area contributed by atoms with Crippen molar-refractivity contribution in [2.45, 2.75) is 26.4 Å². The van der Waals surface area contributed by atoms with E-state index in [2.05, 4.69) is 19.9 Å². The minimum Gasteiger partial charge on any atom is -0.496 e. The highest BCUT2D eigenvalue weighted by atomic mass is 16.5. The van der Waals surface area contributed by atoms with E-state index in [0.29, 0.717) is 25.7 Å². The second kappa shape index (κ2) is 6.51. The van der Waals surface area contributed by atoms with Crippen molar-refractivity contribution in [2.24, 2.45) is 5.73 Å². The van der Waals surface area contributed by atoms with Crippen LogP contribution >= 0.6 is 0 Å². The first-order chi connectivity index (χ1) is 7.69. The van der Waals surface area contributed by atoms with E-state index < -0.39 is 0 Å². The molecule has 0 bridgehead atoms. The van der Waals surface area contributed by atoms with Crippen LogP contribution in [-0.4, -0.2) is 20.3 Å². The summed E-state index contributed by atoms with van der Waals surface area (Å²) in [6.07, 6.45) is 0. The van der Waals surface area contributed by atoms with E-state index in [-0.39, 0.29) is 0 Å². The Morgan fingerprint density at radius 3 is 2.62 bits per heavy atom. The van der Waals surface area contributed by atoms with Gasteiger partial charge in [0.2, 0.25) is 0 Å². The number of nitrogens with two attached hydrogens (primary N) is 1. The molecule has 0 aromatic heterocycles. The summed E-state index contributed by atoms with van der Waals surface area (Å²) in [5, 5.41) is 0. The summed E-state index contributed by atoms with van der Waals surface area (Å²) in [6, 6.07) is 6.16. The molecular weight excluding hydrogens is 202 g/mol. The summed E-state index contributed by atoms with van der Waals surface area (Å²) >= 11 is 0. The van der Waals surface area contributed by atoms with Gasteiger partial charge < -0.3 is 15.2 Å². The lowest BCUT2D eigenvalue weighted by molar-refractivity contribution is 0.128.